The second kappa shape index (κ2) is 7.76. The zero-order valence-corrected chi connectivity index (χ0v) is 17.4. The number of benzene rings is 1. The van der Waals surface area contributed by atoms with Crippen LogP contribution in [0.4, 0.5) is 11.5 Å². The second-order valence-electron chi connectivity index (χ2n) is 8.75. The number of piperidine rings is 1. The highest BCUT2D eigenvalue weighted by Crippen LogP contribution is 2.33. The molecule has 0 saturated carbocycles. The van der Waals surface area contributed by atoms with Crippen molar-refractivity contribution < 1.29 is 14.3 Å². The molecule has 1 aromatic carbocycles. The summed E-state index contributed by atoms with van der Waals surface area (Å²) in [6.07, 6.45) is 3.32. The molecule has 3 heterocycles. The van der Waals surface area contributed by atoms with Gasteiger partial charge < -0.3 is 19.7 Å². The Hall–Kier alpha value is -2.44. The van der Waals surface area contributed by atoms with Crippen LogP contribution in [-0.2, 0) is 14.9 Å². The van der Waals surface area contributed by atoms with E-state index in [-0.39, 0.29) is 11.3 Å². The molecule has 2 aromatic rings. The monoisotopic (exact) mass is 395 g/mol. The third kappa shape index (κ3) is 4.28. The minimum absolute atomic E-state index is 0.0512. The van der Waals surface area contributed by atoms with Gasteiger partial charge in [0, 0.05) is 37.8 Å². The summed E-state index contributed by atoms with van der Waals surface area (Å²) in [4.78, 5) is 19.5. The number of aromatic nitrogens is 1. The van der Waals surface area contributed by atoms with Crippen LogP contribution >= 0.6 is 0 Å². The van der Waals surface area contributed by atoms with E-state index in [4.69, 9.17) is 9.47 Å². The number of nitrogens with zero attached hydrogens (tertiary/aromatic N) is 2. The fourth-order valence-electron chi connectivity index (χ4n) is 4.01. The van der Waals surface area contributed by atoms with Crippen molar-refractivity contribution in [3.05, 3.63) is 53.7 Å². The standard InChI is InChI=1S/C23H29N3O3/c1-22(2,3)18-6-4-5-7-19(18)25-21(27)17-8-9-20(24-16-17)26-12-10-23(11-13-26)28-14-15-29-23/h4-9,16H,10-15H2,1-3H3,(H,25,27). The zero-order valence-electron chi connectivity index (χ0n) is 17.4. The highest BCUT2D eigenvalue weighted by molar-refractivity contribution is 6.04. The minimum Gasteiger partial charge on any atom is -0.356 e. The number of ether oxygens (including phenoxy) is 2. The molecule has 4 rings (SSSR count). The topological polar surface area (TPSA) is 63.7 Å². The van der Waals surface area contributed by atoms with Crippen LogP contribution in [0.3, 0.4) is 0 Å². The van der Waals surface area contributed by atoms with Gasteiger partial charge in [0.1, 0.15) is 5.82 Å². The van der Waals surface area contributed by atoms with E-state index < -0.39 is 5.79 Å². The van der Waals surface area contributed by atoms with Crippen molar-refractivity contribution in [3.63, 3.8) is 0 Å². The first-order chi connectivity index (χ1) is 13.9. The van der Waals surface area contributed by atoms with Crippen molar-refractivity contribution in [2.24, 2.45) is 0 Å². The largest absolute Gasteiger partial charge is 0.356 e. The van der Waals surface area contributed by atoms with Gasteiger partial charge in [-0.2, -0.15) is 0 Å². The summed E-state index contributed by atoms with van der Waals surface area (Å²) in [5.41, 5.74) is 2.45. The third-order valence-electron chi connectivity index (χ3n) is 5.66. The first-order valence-electron chi connectivity index (χ1n) is 10.3. The van der Waals surface area contributed by atoms with E-state index in [1.165, 1.54) is 0 Å². The number of pyridine rings is 1. The fourth-order valence-corrected chi connectivity index (χ4v) is 4.01. The molecule has 0 atom stereocenters. The zero-order chi connectivity index (χ0) is 20.5. The fraction of sp³-hybridized carbons (Fsp3) is 0.478. The lowest BCUT2D eigenvalue weighted by atomic mass is 9.86. The molecule has 1 spiro atoms. The molecule has 2 aliphatic heterocycles. The Morgan fingerprint density at radius 3 is 2.38 bits per heavy atom. The van der Waals surface area contributed by atoms with E-state index in [9.17, 15) is 4.79 Å². The Bertz CT molecular complexity index is 858. The number of carbonyl (C=O) groups excluding carboxylic acids is 1. The van der Waals surface area contributed by atoms with Crippen LogP contribution in [0.5, 0.6) is 0 Å². The summed E-state index contributed by atoms with van der Waals surface area (Å²) >= 11 is 0. The normalized spacial score (nSPS) is 18.8. The van der Waals surface area contributed by atoms with Gasteiger partial charge in [-0.3, -0.25) is 4.79 Å². The van der Waals surface area contributed by atoms with E-state index >= 15 is 0 Å². The van der Waals surface area contributed by atoms with Gasteiger partial charge in [0.2, 0.25) is 0 Å². The summed E-state index contributed by atoms with van der Waals surface area (Å²) in [5.74, 6) is 0.340. The maximum absolute atomic E-state index is 12.8. The number of carbonyl (C=O) groups is 1. The molecule has 1 aromatic heterocycles. The van der Waals surface area contributed by atoms with Crippen LogP contribution in [0.25, 0.3) is 0 Å². The molecule has 2 aliphatic rings. The first-order valence-corrected chi connectivity index (χ1v) is 10.3. The second-order valence-corrected chi connectivity index (χ2v) is 8.75. The predicted molar refractivity (Wildman–Crippen MR) is 113 cm³/mol. The number of hydrogen-bond donors (Lipinski definition) is 1. The highest BCUT2D eigenvalue weighted by Gasteiger charge is 2.40. The number of rotatable bonds is 3. The quantitative estimate of drug-likeness (QED) is 0.852. The van der Waals surface area contributed by atoms with Gasteiger partial charge in [0.25, 0.3) is 5.91 Å². The van der Waals surface area contributed by atoms with Crippen LogP contribution in [-0.4, -0.2) is 43.0 Å². The summed E-state index contributed by atoms with van der Waals surface area (Å²) < 4.78 is 11.6. The van der Waals surface area contributed by atoms with Crippen LogP contribution in [0, 0.1) is 0 Å². The van der Waals surface area contributed by atoms with Crippen molar-refractivity contribution in [3.8, 4) is 0 Å². The highest BCUT2D eigenvalue weighted by atomic mass is 16.7. The van der Waals surface area contributed by atoms with Gasteiger partial charge in [-0.25, -0.2) is 4.98 Å². The maximum atomic E-state index is 12.8. The molecule has 0 bridgehead atoms. The Kier molecular flexibility index (Phi) is 5.32. The van der Waals surface area contributed by atoms with Crippen LogP contribution in [0.1, 0.15) is 49.5 Å². The summed E-state index contributed by atoms with van der Waals surface area (Å²) in [7, 11) is 0. The molecular weight excluding hydrogens is 366 g/mol. The number of nitrogens with one attached hydrogen (secondary N) is 1. The molecule has 29 heavy (non-hydrogen) atoms. The average molecular weight is 396 g/mol. The number of anilines is 2. The molecule has 6 nitrogen and oxygen atoms in total. The number of amides is 1. The van der Waals surface area contributed by atoms with Crippen molar-refractivity contribution in [2.45, 2.75) is 44.8 Å². The molecule has 0 unspecified atom stereocenters. The first kappa shape index (κ1) is 19.9. The predicted octanol–water partition coefficient (Wildman–Crippen LogP) is 3.97. The number of para-hydroxylation sites is 1. The molecule has 1 N–H and O–H groups in total. The third-order valence-corrected chi connectivity index (χ3v) is 5.66. The average Bonchev–Trinajstić information content (AvgIpc) is 3.16. The summed E-state index contributed by atoms with van der Waals surface area (Å²) in [6, 6.07) is 11.7. The van der Waals surface area contributed by atoms with E-state index in [0.29, 0.717) is 18.8 Å². The lowest BCUT2D eigenvalue weighted by Gasteiger charge is -2.38. The molecule has 0 aliphatic carbocycles. The van der Waals surface area contributed by atoms with Gasteiger partial charge in [-0.05, 0) is 29.2 Å². The van der Waals surface area contributed by atoms with E-state index in [0.717, 1.165) is 43.0 Å². The molecule has 154 valence electrons. The minimum atomic E-state index is -0.392. The van der Waals surface area contributed by atoms with Gasteiger partial charge in [0.05, 0.1) is 18.8 Å². The Morgan fingerprint density at radius 1 is 1.07 bits per heavy atom. The molecule has 2 saturated heterocycles. The van der Waals surface area contributed by atoms with Crippen LogP contribution < -0.4 is 10.2 Å². The smallest absolute Gasteiger partial charge is 0.257 e. The Morgan fingerprint density at radius 2 is 1.76 bits per heavy atom. The van der Waals surface area contributed by atoms with Crippen molar-refractivity contribution >= 4 is 17.4 Å². The SMILES string of the molecule is CC(C)(C)c1ccccc1NC(=O)c1ccc(N2CCC3(CC2)OCCO3)nc1. The summed E-state index contributed by atoms with van der Waals surface area (Å²) in [5, 5.41) is 3.04. The van der Waals surface area contributed by atoms with Crippen molar-refractivity contribution in [1.82, 2.24) is 4.98 Å². The van der Waals surface area contributed by atoms with Crippen molar-refractivity contribution in [1.29, 1.82) is 0 Å². The Balaban J connectivity index is 1.42. The lowest BCUT2D eigenvalue weighted by molar-refractivity contribution is -0.169. The van der Waals surface area contributed by atoms with E-state index in [1.807, 2.05) is 30.3 Å². The van der Waals surface area contributed by atoms with Gasteiger partial charge >= 0.3 is 0 Å². The lowest BCUT2D eigenvalue weighted by Crippen LogP contribution is -2.45. The van der Waals surface area contributed by atoms with E-state index in [1.54, 1.807) is 6.20 Å². The van der Waals surface area contributed by atoms with Gasteiger partial charge in [-0.15, -0.1) is 0 Å². The maximum Gasteiger partial charge on any atom is 0.257 e. The molecule has 2 fully saturated rings. The molecular formula is C23H29N3O3. The Labute approximate surface area is 172 Å². The van der Waals surface area contributed by atoms with Crippen molar-refractivity contribution in [2.75, 3.05) is 36.5 Å². The van der Waals surface area contributed by atoms with Gasteiger partial charge in [-0.1, -0.05) is 39.0 Å². The number of hydrogen-bond acceptors (Lipinski definition) is 5. The molecule has 0 radical (unpaired) electrons. The molecule has 6 heteroatoms. The van der Waals surface area contributed by atoms with E-state index in [2.05, 4.69) is 42.0 Å². The summed E-state index contributed by atoms with van der Waals surface area (Å²) in [6.45, 7) is 9.44. The van der Waals surface area contributed by atoms with Gasteiger partial charge in [0.15, 0.2) is 5.79 Å². The molecule has 1 amide bonds. The van der Waals surface area contributed by atoms with Crippen LogP contribution in [0.15, 0.2) is 42.6 Å². The van der Waals surface area contributed by atoms with Crippen LogP contribution in [0.2, 0.25) is 0 Å².